The summed E-state index contributed by atoms with van der Waals surface area (Å²) >= 11 is 6.12. The quantitative estimate of drug-likeness (QED) is 0.402. The van der Waals surface area contributed by atoms with E-state index >= 15 is 0 Å². The van der Waals surface area contributed by atoms with Gasteiger partial charge in [-0.1, -0.05) is 62.4 Å². The maximum absolute atomic E-state index is 14.1. The van der Waals surface area contributed by atoms with Crippen LogP contribution in [0.1, 0.15) is 58.3 Å². The van der Waals surface area contributed by atoms with Gasteiger partial charge in [0.05, 0.1) is 17.9 Å². The van der Waals surface area contributed by atoms with E-state index in [9.17, 15) is 14.4 Å². The molecule has 1 aromatic rings. The maximum atomic E-state index is 14.1. The molecule has 1 spiro atoms. The van der Waals surface area contributed by atoms with Crippen LogP contribution >= 0.6 is 11.6 Å². The van der Waals surface area contributed by atoms with E-state index in [1.807, 2.05) is 12.2 Å². The predicted octanol–water partition coefficient (Wildman–Crippen LogP) is 4.00. The fraction of sp³-hybridized carbons (Fsp3) is 0.633. The Morgan fingerprint density at radius 2 is 1.92 bits per heavy atom. The molecule has 8 nitrogen and oxygen atoms in total. The average Bonchev–Trinajstić information content (AvgIpc) is 3.55. The van der Waals surface area contributed by atoms with Gasteiger partial charge in [0.15, 0.2) is 0 Å². The lowest BCUT2D eigenvalue weighted by Crippen LogP contribution is -2.56. The summed E-state index contributed by atoms with van der Waals surface area (Å²) in [5.74, 6) is -2.10. The van der Waals surface area contributed by atoms with E-state index in [0.29, 0.717) is 17.3 Å². The molecule has 212 valence electrons. The monoisotopic (exact) mass is 556 g/mol. The molecule has 2 saturated heterocycles. The van der Waals surface area contributed by atoms with E-state index in [1.165, 1.54) is 6.42 Å². The summed E-state index contributed by atoms with van der Waals surface area (Å²) in [6.45, 7) is 4.45. The molecule has 3 heterocycles. The number of amides is 3. The van der Waals surface area contributed by atoms with Crippen molar-refractivity contribution in [3.63, 3.8) is 0 Å². The van der Waals surface area contributed by atoms with Gasteiger partial charge < -0.3 is 25.2 Å². The van der Waals surface area contributed by atoms with Crippen molar-refractivity contribution in [2.75, 3.05) is 32.0 Å². The average molecular weight is 557 g/mol. The van der Waals surface area contributed by atoms with Crippen LogP contribution in [0.15, 0.2) is 36.4 Å². The van der Waals surface area contributed by atoms with Gasteiger partial charge >= 0.3 is 0 Å². The molecule has 1 aromatic carbocycles. The first-order chi connectivity index (χ1) is 18.8. The standard InChI is InChI=1S/C30H41ClN4O4/c1-3-4-16-34(2)17-9-18-35-26(28(37)32-21-11-6-5-7-12-21)30-15-14-23(39-30)24(25(30)29(35)38)27(36)33-22-13-8-10-20(31)19-22/h8,10,13-15,19,21,23-26H,3-7,9,11-12,16-18H2,1-2H3,(H,32,37)(H,33,36)/t23-,24-,25-,26+,30+/m1/s1. The third-order valence-electron chi connectivity index (χ3n) is 8.80. The largest absolute Gasteiger partial charge is 0.359 e. The van der Waals surface area contributed by atoms with E-state index < -0.39 is 29.6 Å². The van der Waals surface area contributed by atoms with Crippen molar-refractivity contribution < 1.29 is 19.1 Å². The van der Waals surface area contributed by atoms with Gasteiger partial charge in [0, 0.05) is 23.3 Å². The van der Waals surface area contributed by atoms with Crippen LogP contribution in [0.5, 0.6) is 0 Å². The van der Waals surface area contributed by atoms with Crippen molar-refractivity contribution in [3.8, 4) is 0 Å². The molecular formula is C30H41ClN4O4. The lowest BCUT2D eigenvalue weighted by Gasteiger charge is -2.34. The van der Waals surface area contributed by atoms with E-state index in [1.54, 1.807) is 29.2 Å². The molecule has 2 bridgehead atoms. The van der Waals surface area contributed by atoms with Crippen molar-refractivity contribution in [1.29, 1.82) is 0 Å². The zero-order valence-electron chi connectivity index (χ0n) is 23.0. The van der Waals surface area contributed by atoms with Crippen LogP contribution in [0.2, 0.25) is 5.02 Å². The highest BCUT2D eigenvalue weighted by molar-refractivity contribution is 6.30. The normalized spacial score (nSPS) is 29.7. The minimum absolute atomic E-state index is 0.114. The predicted molar refractivity (Wildman–Crippen MR) is 151 cm³/mol. The SMILES string of the molecule is CCCCN(C)CCCN1C(=O)[C@H]2[C@H](C(=O)Nc3cccc(Cl)c3)[C@H]3C=C[C@@]2(O3)[C@@H]1C(=O)NC1CCCCC1. The topological polar surface area (TPSA) is 91.0 Å². The van der Waals surface area contributed by atoms with Crippen molar-refractivity contribution >= 4 is 35.0 Å². The molecule has 2 N–H and O–H groups in total. The summed E-state index contributed by atoms with van der Waals surface area (Å²) in [6.07, 6.45) is 11.5. The van der Waals surface area contributed by atoms with Gasteiger partial charge in [-0.15, -0.1) is 0 Å². The van der Waals surface area contributed by atoms with Gasteiger partial charge in [-0.25, -0.2) is 0 Å². The molecule has 3 aliphatic heterocycles. The van der Waals surface area contributed by atoms with E-state index in [-0.39, 0.29) is 23.8 Å². The number of rotatable bonds is 11. The number of ether oxygens (including phenoxy) is 1. The molecule has 0 aromatic heterocycles. The Bertz CT molecular complexity index is 1110. The molecule has 1 aliphatic carbocycles. The lowest BCUT2D eigenvalue weighted by molar-refractivity contribution is -0.141. The summed E-state index contributed by atoms with van der Waals surface area (Å²) in [5.41, 5.74) is -0.567. The smallest absolute Gasteiger partial charge is 0.246 e. The van der Waals surface area contributed by atoms with Crippen LogP contribution in [0.25, 0.3) is 0 Å². The number of anilines is 1. The fourth-order valence-corrected chi connectivity index (χ4v) is 7.07. The fourth-order valence-electron chi connectivity index (χ4n) is 6.88. The first-order valence-corrected chi connectivity index (χ1v) is 14.9. The molecule has 0 radical (unpaired) electrons. The first kappa shape index (κ1) is 28.1. The number of hydrogen-bond acceptors (Lipinski definition) is 5. The van der Waals surface area contributed by atoms with Crippen LogP contribution in [-0.2, 0) is 19.1 Å². The van der Waals surface area contributed by atoms with Gasteiger partial charge in [-0.05, 0) is 64.0 Å². The van der Waals surface area contributed by atoms with Crippen molar-refractivity contribution in [3.05, 3.63) is 41.4 Å². The molecule has 9 heteroatoms. The summed E-state index contributed by atoms with van der Waals surface area (Å²) < 4.78 is 6.45. The molecule has 4 aliphatic rings. The maximum Gasteiger partial charge on any atom is 0.246 e. The van der Waals surface area contributed by atoms with Gasteiger partial charge in [0.1, 0.15) is 11.6 Å². The Kier molecular flexibility index (Phi) is 8.64. The zero-order chi connectivity index (χ0) is 27.6. The highest BCUT2D eigenvalue weighted by atomic mass is 35.5. The summed E-state index contributed by atoms with van der Waals surface area (Å²) in [5, 5.41) is 6.69. The Labute approximate surface area is 236 Å². The molecule has 5 atom stereocenters. The summed E-state index contributed by atoms with van der Waals surface area (Å²) in [4.78, 5) is 45.5. The molecule has 0 unspecified atom stereocenters. The number of nitrogens with one attached hydrogen (secondary N) is 2. The number of carbonyl (C=O) groups excluding carboxylic acids is 3. The minimum Gasteiger partial charge on any atom is -0.359 e. The number of likely N-dealkylation sites (tertiary alicyclic amines) is 1. The second-order valence-corrected chi connectivity index (χ2v) is 12.0. The Morgan fingerprint density at radius 3 is 2.67 bits per heavy atom. The van der Waals surface area contributed by atoms with Crippen LogP contribution in [0.4, 0.5) is 5.69 Å². The second-order valence-electron chi connectivity index (χ2n) is 11.6. The van der Waals surface area contributed by atoms with Crippen LogP contribution < -0.4 is 10.6 Å². The minimum atomic E-state index is -1.13. The van der Waals surface area contributed by atoms with Crippen LogP contribution in [0.3, 0.4) is 0 Å². The van der Waals surface area contributed by atoms with Crippen LogP contribution in [0, 0.1) is 11.8 Å². The molecule has 3 amide bonds. The summed E-state index contributed by atoms with van der Waals surface area (Å²) in [7, 11) is 2.09. The molecule has 39 heavy (non-hydrogen) atoms. The van der Waals surface area contributed by atoms with E-state index in [4.69, 9.17) is 16.3 Å². The second kappa shape index (κ2) is 12.0. The Morgan fingerprint density at radius 1 is 1.15 bits per heavy atom. The molecular weight excluding hydrogens is 516 g/mol. The molecule has 3 fully saturated rings. The van der Waals surface area contributed by atoms with Gasteiger partial charge in [0.2, 0.25) is 17.7 Å². The summed E-state index contributed by atoms with van der Waals surface area (Å²) in [6, 6.07) is 6.27. The van der Waals surface area contributed by atoms with Gasteiger partial charge in [0.25, 0.3) is 0 Å². The number of hydrogen-bond donors (Lipinski definition) is 2. The third kappa shape index (κ3) is 5.61. The number of unbranched alkanes of at least 4 members (excludes halogenated alkanes) is 1. The highest BCUT2D eigenvalue weighted by Gasteiger charge is 2.72. The molecule has 5 rings (SSSR count). The number of carbonyl (C=O) groups is 3. The van der Waals surface area contributed by atoms with E-state index in [2.05, 4.69) is 29.5 Å². The Balaban J connectivity index is 1.37. The van der Waals surface area contributed by atoms with Gasteiger partial charge in [-0.3, -0.25) is 14.4 Å². The van der Waals surface area contributed by atoms with Crippen LogP contribution in [-0.4, -0.2) is 78.0 Å². The molecule has 1 saturated carbocycles. The van der Waals surface area contributed by atoms with Crippen molar-refractivity contribution in [2.45, 2.75) is 82.1 Å². The lowest BCUT2D eigenvalue weighted by atomic mass is 9.74. The number of halogens is 1. The number of benzene rings is 1. The number of fused-ring (bicyclic) bond motifs is 1. The van der Waals surface area contributed by atoms with Gasteiger partial charge in [-0.2, -0.15) is 0 Å². The van der Waals surface area contributed by atoms with Crippen molar-refractivity contribution in [2.24, 2.45) is 11.8 Å². The highest BCUT2D eigenvalue weighted by Crippen LogP contribution is 2.55. The number of nitrogens with zero attached hydrogens (tertiary/aromatic N) is 2. The van der Waals surface area contributed by atoms with Crippen molar-refractivity contribution in [1.82, 2.24) is 15.1 Å². The Hall–Kier alpha value is -2.42. The zero-order valence-corrected chi connectivity index (χ0v) is 23.8. The van der Waals surface area contributed by atoms with E-state index in [0.717, 1.165) is 58.0 Å². The third-order valence-corrected chi connectivity index (χ3v) is 9.04. The first-order valence-electron chi connectivity index (χ1n) is 14.6.